The molecular weight excluding hydrogens is 474 g/mol. The van der Waals surface area contributed by atoms with Gasteiger partial charge in [-0.05, 0) is 53.2 Å². The quantitative estimate of drug-likeness (QED) is 0.537. The number of carbonyl (C=O) groups is 3. The fourth-order valence-corrected chi connectivity index (χ4v) is 4.96. The van der Waals surface area contributed by atoms with Crippen LogP contribution < -0.4 is 0 Å². The largest absolute Gasteiger partial charge is 0.383 e. The molecule has 2 aromatic rings. The molecule has 34 heavy (non-hydrogen) atoms. The standard InChI is InChI=1S/C25H26ClN3O4S/c1-33-14-13-27-9-11-28(12-10-27)23(30)20-7-5-18(6-8-20)16-22-24(31)29(25(32)34-22)17-19-3-2-4-21(26)15-19/h2-8,15-16H,9-14,17H2,1H3/b22-16-. The molecular formula is C25H26ClN3O4S. The van der Waals surface area contributed by atoms with E-state index < -0.39 is 0 Å². The molecule has 0 N–H and O–H groups in total. The molecule has 178 valence electrons. The lowest BCUT2D eigenvalue weighted by atomic mass is 10.1. The molecule has 0 atom stereocenters. The molecule has 0 radical (unpaired) electrons. The third kappa shape index (κ3) is 5.88. The van der Waals surface area contributed by atoms with Gasteiger partial charge in [0.1, 0.15) is 0 Å². The summed E-state index contributed by atoms with van der Waals surface area (Å²) >= 11 is 6.93. The van der Waals surface area contributed by atoms with E-state index in [9.17, 15) is 14.4 Å². The average Bonchev–Trinajstić information content (AvgIpc) is 3.10. The Kier molecular flexibility index (Phi) is 8.05. The lowest BCUT2D eigenvalue weighted by Gasteiger charge is -2.34. The number of halogens is 1. The first kappa shape index (κ1) is 24.5. The third-order valence-electron chi connectivity index (χ3n) is 5.83. The van der Waals surface area contributed by atoms with Crippen LogP contribution in [0, 0.1) is 0 Å². The monoisotopic (exact) mass is 499 g/mol. The van der Waals surface area contributed by atoms with Crippen molar-refractivity contribution in [2.45, 2.75) is 6.54 Å². The molecule has 2 aliphatic heterocycles. The van der Waals surface area contributed by atoms with Gasteiger partial charge >= 0.3 is 0 Å². The first-order valence-electron chi connectivity index (χ1n) is 11.0. The molecule has 0 unspecified atom stereocenters. The van der Waals surface area contributed by atoms with E-state index in [4.69, 9.17) is 16.3 Å². The van der Waals surface area contributed by atoms with E-state index >= 15 is 0 Å². The van der Waals surface area contributed by atoms with Crippen LogP contribution in [0.4, 0.5) is 4.79 Å². The van der Waals surface area contributed by atoms with E-state index in [0.29, 0.717) is 35.2 Å². The second kappa shape index (κ2) is 11.2. The van der Waals surface area contributed by atoms with E-state index in [1.807, 2.05) is 11.0 Å². The van der Waals surface area contributed by atoms with Crippen LogP contribution in [0.1, 0.15) is 21.5 Å². The average molecular weight is 500 g/mol. The van der Waals surface area contributed by atoms with Crippen LogP contribution >= 0.6 is 23.4 Å². The molecule has 2 heterocycles. The van der Waals surface area contributed by atoms with E-state index in [1.54, 1.807) is 55.7 Å². The Morgan fingerprint density at radius 1 is 1.09 bits per heavy atom. The maximum absolute atomic E-state index is 12.9. The number of ether oxygens (including phenoxy) is 1. The highest BCUT2D eigenvalue weighted by atomic mass is 35.5. The maximum atomic E-state index is 12.9. The van der Waals surface area contributed by atoms with Crippen LogP contribution in [-0.2, 0) is 16.1 Å². The number of methoxy groups -OCH3 is 1. The van der Waals surface area contributed by atoms with E-state index in [1.165, 1.54) is 4.90 Å². The highest BCUT2D eigenvalue weighted by molar-refractivity contribution is 8.18. The Morgan fingerprint density at radius 2 is 1.82 bits per heavy atom. The predicted octanol–water partition coefficient (Wildman–Crippen LogP) is 3.98. The van der Waals surface area contributed by atoms with Gasteiger partial charge in [0.05, 0.1) is 18.1 Å². The van der Waals surface area contributed by atoms with Crippen molar-refractivity contribution in [2.75, 3.05) is 46.4 Å². The summed E-state index contributed by atoms with van der Waals surface area (Å²) in [6.07, 6.45) is 1.69. The second-order valence-corrected chi connectivity index (χ2v) is 9.58. The number of amides is 3. The molecule has 0 aliphatic carbocycles. The van der Waals surface area contributed by atoms with Gasteiger partial charge < -0.3 is 9.64 Å². The van der Waals surface area contributed by atoms with Crippen molar-refractivity contribution in [1.29, 1.82) is 0 Å². The second-order valence-electron chi connectivity index (χ2n) is 8.15. The zero-order valence-electron chi connectivity index (χ0n) is 18.9. The minimum absolute atomic E-state index is 0.000197. The fraction of sp³-hybridized carbons (Fsp3) is 0.320. The normalized spacial score (nSPS) is 18.2. The summed E-state index contributed by atoms with van der Waals surface area (Å²) in [5, 5.41) is 0.246. The van der Waals surface area contributed by atoms with Gasteiger partial charge in [0.15, 0.2) is 0 Å². The Balaban J connectivity index is 1.37. The summed E-state index contributed by atoms with van der Waals surface area (Å²) in [4.78, 5) is 43.8. The fourth-order valence-electron chi connectivity index (χ4n) is 3.91. The lowest BCUT2D eigenvalue weighted by Crippen LogP contribution is -2.49. The van der Waals surface area contributed by atoms with Gasteiger partial charge in [-0.1, -0.05) is 35.9 Å². The molecule has 0 spiro atoms. The van der Waals surface area contributed by atoms with Gasteiger partial charge in [-0.15, -0.1) is 0 Å². The van der Waals surface area contributed by atoms with Crippen LogP contribution in [0.3, 0.4) is 0 Å². The highest BCUT2D eigenvalue weighted by Crippen LogP contribution is 2.33. The van der Waals surface area contributed by atoms with Gasteiger partial charge in [0, 0.05) is 50.4 Å². The van der Waals surface area contributed by atoms with Crippen molar-refractivity contribution in [3.05, 3.63) is 75.1 Å². The molecule has 2 aliphatic rings. The Labute approximate surface area is 208 Å². The molecule has 3 amide bonds. The number of thioether (sulfide) groups is 1. The lowest BCUT2D eigenvalue weighted by molar-refractivity contribution is -0.123. The first-order chi connectivity index (χ1) is 16.4. The molecule has 9 heteroatoms. The molecule has 4 rings (SSSR count). The van der Waals surface area contributed by atoms with Crippen molar-refractivity contribution in [3.8, 4) is 0 Å². The number of benzene rings is 2. The maximum Gasteiger partial charge on any atom is 0.293 e. The zero-order valence-corrected chi connectivity index (χ0v) is 20.5. The van der Waals surface area contributed by atoms with Gasteiger partial charge in [-0.25, -0.2) is 0 Å². The minimum Gasteiger partial charge on any atom is -0.383 e. The molecule has 2 fully saturated rings. The summed E-state index contributed by atoms with van der Waals surface area (Å²) in [6, 6.07) is 14.2. The number of piperazine rings is 1. The SMILES string of the molecule is COCCN1CCN(C(=O)c2ccc(/C=C3\SC(=O)N(Cc4cccc(Cl)c4)C3=O)cc2)CC1. The summed E-state index contributed by atoms with van der Waals surface area (Å²) in [5.41, 5.74) is 2.16. The smallest absolute Gasteiger partial charge is 0.293 e. The minimum atomic E-state index is -0.332. The van der Waals surface area contributed by atoms with Crippen molar-refractivity contribution < 1.29 is 19.1 Å². The first-order valence-corrected chi connectivity index (χ1v) is 12.2. The van der Waals surface area contributed by atoms with Crippen molar-refractivity contribution in [3.63, 3.8) is 0 Å². The number of hydrogen-bond acceptors (Lipinski definition) is 6. The van der Waals surface area contributed by atoms with Gasteiger partial charge in [-0.3, -0.25) is 24.2 Å². The topological polar surface area (TPSA) is 70.2 Å². The molecule has 7 nitrogen and oxygen atoms in total. The van der Waals surface area contributed by atoms with Crippen LogP contribution in [0.5, 0.6) is 0 Å². The Hall–Kier alpha value is -2.65. The predicted molar refractivity (Wildman–Crippen MR) is 134 cm³/mol. The molecule has 0 aromatic heterocycles. The van der Waals surface area contributed by atoms with Crippen LogP contribution in [0.25, 0.3) is 6.08 Å². The summed E-state index contributed by atoms with van der Waals surface area (Å²) in [7, 11) is 1.69. The molecule has 2 aromatic carbocycles. The molecule has 0 bridgehead atoms. The van der Waals surface area contributed by atoms with E-state index in [2.05, 4.69) is 4.90 Å². The van der Waals surface area contributed by atoms with Crippen molar-refractivity contribution in [1.82, 2.24) is 14.7 Å². The van der Waals surface area contributed by atoms with Crippen LogP contribution in [0.2, 0.25) is 5.02 Å². The highest BCUT2D eigenvalue weighted by Gasteiger charge is 2.35. The number of rotatable bonds is 7. The Morgan fingerprint density at radius 3 is 2.50 bits per heavy atom. The zero-order chi connectivity index (χ0) is 24.1. The summed E-state index contributed by atoms with van der Waals surface area (Å²) < 4.78 is 5.12. The van der Waals surface area contributed by atoms with E-state index in [-0.39, 0.29) is 23.6 Å². The number of hydrogen-bond donors (Lipinski definition) is 0. The summed E-state index contributed by atoms with van der Waals surface area (Å²) in [5.74, 6) is -0.332. The number of imide groups is 1. The van der Waals surface area contributed by atoms with Gasteiger partial charge in [-0.2, -0.15) is 0 Å². The van der Waals surface area contributed by atoms with Crippen LogP contribution in [-0.4, -0.2) is 78.2 Å². The third-order valence-corrected chi connectivity index (χ3v) is 6.97. The van der Waals surface area contributed by atoms with E-state index in [0.717, 1.165) is 42.5 Å². The van der Waals surface area contributed by atoms with Gasteiger partial charge in [0.25, 0.3) is 17.1 Å². The molecule has 0 saturated carbocycles. The number of nitrogens with zero attached hydrogens (tertiary/aromatic N) is 3. The Bertz CT molecular complexity index is 1100. The van der Waals surface area contributed by atoms with Crippen molar-refractivity contribution >= 4 is 46.5 Å². The van der Waals surface area contributed by atoms with Gasteiger partial charge in [0.2, 0.25) is 0 Å². The van der Waals surface area contributed by atoms with Crippen LogP contribution in [0.15, 0.2) is 53.4 Å². The van der Waals surface area contributed by atoms with Crippen molar-refractivity contribution in [2.24, 2.45) is 0 Å². The number of carbonyl (C=O) groups excluding carboxylic acids is 3. The molecule has 2 saturated heterocycles. The summed E-state index contributed by atoms with van der Waals surface area (Å²) in [6.45, 7) is 4.77.